The Bertz CT molecular complexity index is 3550. The molecule has 0 amide bonds. The van der Waals surface area contributed by atoms with Gasteiger partial charge in [0, 0.05) is 53.3 Å². The van der Waals surface area contributed by atoms with Crippen molar-refractivity contribution in [1.82, 2.24) is 0 Å². The second kappa shape index (κ2) is 12.7. The zero-order valence-corrected chi connectivity index (χ0v) is 31.6. The van der Waals surface area contributed by atoms with Gasteiger partial charge in [-0.15, -0.1) is 11.3 Å². The normalized spacial score (nSPS) is 11.9. The molecule has 0 N–H and O–H groups in total. The summed E-state index contributed by atoms with van der Waals surface area (Å²) in [6, 6.07) is 73.0. The molecular formula is C54H33NOS. The molecule has 0 aliphatic heterocycles. The van der Waals surface area contributed by atoms with Gasteiger partial charge in [0.15, 0.2) is 0 Å². The van der Waals surface area contributed by atoms with E-state index in [4.69, 9.17) is 4.42 Å². The third kappa shape index (κ3) is 4.96. The van der Waals surface area contributed by atoms with Gasteiger partial charge in [-0.2, -0.15) is 0 Å². The first kappa shape index (κ1) is 32.1. The number of benzene rings is 10. The molecule has 0 saturated carbocycles. The van der Waals surface area contributed by atoms with Crippen molar-refractivity contribution in [3.05, 3.63) is 200 Å². The molecule has 12 rings (SSSR count). The van der Waals surface area contributed by atoms with Crippen LogP contribution in [0, 0.1) is 0 Å². The number of rotatable bonds is 5. The first-order valence-corrected chi connectivity index (χ1v) is 20.2. The summed E-state index contributed by atoms with van der Waals surface area (Å²) in [5.74, 6) is 0. The number of hydrogen-bond acceptors (Lipinski definition) is 3. The Morgan fingerprint density at radius 2 is 0.965 bits per heavy atom. The molecule has 266 valence electrons. The van der Waals surface area contributed by atoms with Crippen LogP contribution < -0.4 is 4.90 Å². The fraction of sp³-hybridized carbons (Fsp3) is 0. The number of para-hydroxylation sites is 1. The van der Waals surface area contributed by atoms with Crippen LogP contribution >= 0.6 is 11.3 Å². The minimum Gasteiger partial charge on any atom is -0.456 e. The van der Waals surface area contributed by atoms with Crippen molar-refractivity contribution in [1.29, 1.82) is 0 Å². The van der Waals surface area contributed by atoms with Gasteiger partial charge >= 0.3 is 0 Å². The van der Waals surface area contributed by atoms with E-state index in [1.54, 1.807) is 0 Å². The molecule has 0 unspecified atom stereocenters. The Labute approximate surface area is 333 Å². The van der Waals surface area contributed by atoms with Crippen molar-refractivity contribution in [2.24, 2.45) is 0 Å². The van der Waals surface area contributed by atoms with Crippen LogP contribution in [-0.2, 0) is 0 Å². The summed E-state index contributed by atoms with van der Waals surface area (Å²) >= 11 is 1.87. The van der Waals surface area contributed by atoms with E-state index in [-0.39, 0.29) is 0 Å². The number of thiophene rings is 1. The van der Waals surface area contributed by atoms with Crippen molar-refractivity contribution >= 4 is 103 Å². The van der Waals surface area contributed by atoms with E-state index in [0.29, 0.717) is 0 Å². The largest absolute Gasteiger partial charge is 0.456 e. The molecule has 12 aromatic rings. The summed E-state index contributed by atoms with van der Waals surface area (Å²) in [6.07, 6.45) is 0. The smallest absolute Gasteiger partial charge is 0.135 e. The van der Waals surface area contributed by atoms with E-state index in [1.165, 1.54) is 74.7 Å². The standard InChI is InChI=1S/C54H33NOS/c1-2-18-38-34(14-1)15-12-26-44(38)52-45-23-5-3-19-40(45)41-20-4-6-24-46(41)53(52)55(37-30-31-50-48(33-37)42-21-7-9-28-49(42)56-50)36-17-11-16-35(32-36)39-25-13-27-47-43-22-8-10-29-51(43)57-54(39)47/h1-33H. The van der Waals surface area contributed by atoms with E-state index in [0.717, 1.165) is 39.0 Å². The molecule has 0 radical (unpaired) electrons. The lowest BCUT2D eigenvalue weighted by molar-refractivity contribution is 0.669. The molecule has 10 aromatic carbocycles. The highest BCUT2D eigenvalue weighted by Crippen LogP contribution is 2.52. The highest BCUT2D eigenvalue weighted by molar-refractivity contribution is 7.26. The Morgan fingerprint density at radius 3 is 1.84 bits per heavy atom. The van der Waals surface area contributed by atoms with Gasteiger partial charge in [-0.1, -0.05) is 158 Å². The Balaban J connectivity index is 1.21. The molecule has 57 heavy (non-hydrogen) atoms. The van der Waals surface area contributed by atoms with Crippen LogP contribution in [-0.4, -0.2) is 0 Å². The molecule has 2 heterocycles. The lowest BCUT2D eigenvalue weighted by Crippen LogP contribution is -2.12. The average molecular weight is 744 g/mol. The second-order valence-electron chi connectivity index (χ2n) is 14.8. The second-order valence-corrected chi connectivity index (χ2v) is 15.8. The summed E-state index contributed by atoms with van der Waals surface area (Å²) in [5, 5.41) is 12.1. The monoisotopic (exact) mass is 743 g/mol. The fourth-order valence-electron chi connectivity index (χ4n) is 9.12. The van der Waals surface area contributed by atoms with E-state index >= 15 is 0 Å². The minimum absolute atomic E-state index is 0.878. The van der Waals surface area contributed by atoms with E-state index < -0.39 is 0 Å². The van der Waals surface area contributed by atoms with Crippen molar-refractivity contribution in [3.8, 4) is 22.3 Å². The first-order chi connectivity index (χ1) is 28.3. The number of furan rings is 1. The Kier molecular flexibility index (Phi) is 7.13. The van der Waals surface area contributed by atoms with E-state index in [9.17, 15) is 0 Å². The summed E-state index contributed by atoms with van der Waals surface area (Å²) in [6.45, 7) is 0. The summed E-state index contributed by atoms with van der Waals surface area (Å²) in [5.41, 5.74) is 9.89. The predicted molar refractivity (Wildman–Crippen MR) is 245 cm³/mol. The van der Waals surface area contributed by atoms with Crippen LogP contribution in [0.5, 0.6) is 0 Å². The number of nitrogens with zero attached hydrogens (tertiary/aromatic N) is 1. The molecule has 0 aliphatic rings. The molecule has 3 heteroatoms. The predicted octanol–water partition coefficient (Wildman–Crippen LogP) is 16.2. The van der Waals surface area contributed by atoms with Gasteiger partial charge in [-0.3, -0.25) is 0 Å². The molecule has 0 saturated heterocycles. The molecule has 0 spiro atoms. The first-order valence-electron chi connectivity index (χ1n) is 19.4. The van der Waals surface area contributed by atoms with Crippen molar-refractivity contribution in [2.45, 2.75) is 0 Å². The zero-order chi connectivity index (χ0) is 37.5. The molecule has 0 atom stereocenters. The van der Waals surface area contributed by atoms with Crippen LogP contribution in [0.4, 0.5) is 17.1 Å². The lowest BCUT2D eigenvalue weighted by atomic mass is 9.88. The van der Waals surface area contributed by atoms with Gasteiger partial charge in [0.2, 0.25) is 0 Å². The Morgan fingerprint density at radius 1 is 0.368 bits per heavy atom. The summed E-state index contributed by atoms with van der Waals surface area (Å²) < 4.78 is 9.01. The maximum Gasteiger partial charge on any atom is 0.135 e. The van der Waals surface area contributed by atoms with Crippen LogP contribution in [0.1, 0.15) is 0 Å². The molecule has 2 aromatic heterocycles. The van der Waals surface area contributed by atoms with Gasteiger partial charge in [0.05, 0.1) is 5.69 Å². The van der Waals surface area contributed by atoms with Crippen LogP contribution in [0.15, 0.2) is 205 Å². The van der Waals surface area contributed by atoms with Crippen LogP contribution in [0.2, 0.25) is 0 Å². The van der Waals surface area contributed by atoms with Crippen molar-refractivity contribution in [3.63, 3.8) is 0 Å². The summed E-state index contributed by atoms with van der Waals surface area (Å²) in [7, 11) is 0. The minimum atomic E-state index is 0.878. The SMILES string of the molecule is c1cc(-c2cccc3c2sc2ccccc23)cc(N(c2ccc3oc4ccccc4c3c2)c2c(-c3cccc4ccccc34)c3ccccc3c3ccccc23)c1. The van der Waals surface area contributed by atoms with Crippen molar-refractivity contribution in [2.75, 3.05) is 4.90 Å². The molecule has 0 fully saturated rings. The fourth-order valence-corrected chi connectivity index (χ4v) is 10.4. The maximum atomic E-state index is 6.39. The number of fused-ring (bicyclic) bond motifs is 10. The van der Waals surface area contributed by atoms with Gasteiger partial charge in [0.25, 0.3) is 0 Å². The third-order valence-electron chi connectivity index (χ3n) is 11.6. The maximum absolute atomic E-state index is 6.39. The van der Waals surface area contributed by atoms with Gasteiger partial charge in [0.1, 0.15) is 11.2 Å². The van der Waals surface area contributed by atoms with Gasteiger partial charge in [-0.25, -0.2) is 0 Å². The van der Waals surface area contributed by atoms with Crippen LogP contribution in [0.25, 0.3) is 96.7 Å². The average Bonchev–Trinajstić information content (AvgIpc) is 3.85. The topological polar surface area (TPSA) is 16.4 Å². The molecule has 0 aliphatic carbocycles. The lowest BCUT2D eigenvalue weighted by Gasteiger charge is -2.31. The quantitative estimate of drug-likeness (QED) is 0.163. The highest BCUT2D eigenvalue weighted by atomic mass is 32.1. The highest BCUT2D eigenvalue weighted by Gasteiger charge is 2.25. The third-order valence-corrected chi connectivity index (χ3v) is 12.8. The van der Waals surface area contributed by atoms with Crippen molar-refractivity contribution < 1.29 is 4.42 Å². The van der Waals surface area contributed by atoms with Gasteiger partial charge < -0.3 is 9.32 Å². The number of hydrogen-bond donors (Lipinski definition) is 0. The van der Waals surface area contributed by atoms with Gasteiger partial charge in [-0.05, 0) is 86.1 Å². The molecule has 0 bridgehead atoms. The Hall–Kier alpha value is -7.20. The molecule has 2 nitrogen and oxygen atoms in total. The van der Waals surface area contributed by atoms with E-state index in [1.807, 2.05) is 17.4 Å². The number of anilines is 3. The van der Waals surface area contributed by atoms with E-state index in [2.05, 4.69) is 199 Å². The van der Waals surface area contributed by atoms with Crippen LogP contribution in [0.3, 0.4) is 0 Å². The summed E-state index contributed by atoms with van der Waals surface area (Å²) in [4.78, 5) is 2.50. The zero-order valence-electron chi connectivity index (χ0n) is 30.8. The molecular weight excluding hydrogens is 711 g/mol.